The third-order valence-electron chi connectivity index (χ3n) is 2.55. The fraction of sp³-hybridized carbons (Fsp3) is 0.429. The van der Waals surface area contributed by atoms with Crippen LogP contribution in [0.1, 0.15) is 11.1 Å². The lowest BCUT2D eigenvalue weighted by Crippen LogP contribution is -2.16. The molecule has 18 heavy (non-hydrogen) atoms. The molecule has 0 saturated heterocycles. The largest absolute Gasteiger partial charge is 0.454 e. The number of ether oxygens (including phenoxy) is 2. The third-order valence-corrected chi connectivity index (χ3v) is 3.43. The highest BCUT2D eigenvalue weighted by atomic mass is 28.3. The minimum atomic E-state index is -1.41. The van der Waals surface area contributed by atoms with Crippen molar-refractivity contribution in [3.05, 3.63) is 23.3 Å². The Labute approximate surface area is 109 Å². The van der Waals surface area contributed by atoms with Crippen molar-refractivity contribution >= 4 is 8.07 Å². The van der Waals surface area contributed by atoms with Gasteiger partial charge in [0.1, 0.15) is 8.07 Å². The Bertz CT molecular complexity index is 506. The summed E-state index contributed by atoms with van der Waals surface area (Å²) in [6.07, 6.45) is 0.590. The summed E-state index contributed by atoms with van der Waals surface area (Å²) in [5.41, 5.74) is 5.30. The first-order valence-electron chi connectivity index (χ1n) is 6.06. The number of benzene rings is 1. The molecule has 1 aromatic rings. The van der Waals surface area contributed by atoms with Crippen LogP contribution in [0.4, 0.5) is 0 Å². The van der Waals surface area contributed by atoms with Gasteiger partial charge in [0, 0.05) is 18.2 Å². The summed E-state index contributed by atoms with van der Waals surface area (Å²) >= 11 is 0. The molecule has 0 unspecified atom stereocenters. The maximum absolute atomic E-state index is 9.11. The van der Waals surface area contributed by atoms with Crippen molar-refractivity contribution in [3.63, 3.8) is 0 Å². The second-order valence-electron chi connectivity index (χ2n) is 5.34. The normalized spacial score (nSPS) is 13.1. The number of aliphatic hydroxyl groups excluding tert-OH is 1. The van der Waals surface area contributed by atoms with Crippen LogP contribution < -0.4 is 9.47 Å². The summed E-state index contributed by atoms with van der Waals surface area (Å²) in [6.45, 7) is 7.00. The summed E-state index contributed by atoms with van der Waals surface area (Å²) in [7, 11) is -1.41. The average molecular weight is 262 g/mol. The molecule has 96 valence electrons. The van der Waals surface area contributed by atoms with Gasteiger partial charge in [-0.2, -0.15) is 0 Å². The molecular weight excluding hydrogens is 244 g/mol. The Hall–Kier alpha value is -1.44. The van der Waals surface area contributed by atoms with Gasteiger partial charge < -0.3 is 14.6 Å². The van der Waals surface area contributed by atoms with E-state index >= 15 is 0 Å². The predicted octanol–water partition coefficient (Wildman–Crippen LogP) is 2.18. The lowest BCUT2D eigenvalue weighted by molar-refractivity contribution is 0.174. The third kappa shape index (κ3) is 3.06. The van der Waals surface area contributed by atoms with Gasteiger partial charge in [-0.1, -0.05) is 25.6 Å². The van der Waals surface area contributed by atoms with Crippen molar-refractivity contribution in [2.45, 2.75) is 26.1 Å². The highest BCUT2D eigenvalue weighted by Crippen LogP contribution is 2.34. The number of aliphatic hydroxyl groups is 1. The van der Waals surface area contributed by atoms with Gasteiger partial charge in [-0.05, 0) is 18.1 Å². The zero-order valence-corrected chi connectivity index (χ0v) is 12.0. The van der Waals surface area contributed by atoms with Crippen LogP contribution in [0.15, 0.2) is 12.1 Å². The Morgan fingerprint density at radius 1 is 1.22 bits per heavy atom. The zero-order valence-electron chi connectivity index (χ0n) is 11.0. The summed E-state index contributed by atoms with van der Waals surface area (Å²) < 4.78 is 10.7. The molecule has 2 rings (SSSR count). The second kappa shape index (κ2) is 5.05. The van der Waals surface area contributed by atoms with Crippen LogP contribution in [-0.2, 0) is 6.42 Å². The Kier molecular flexibility index (Phi) is 3.65. The van der Waals surface area contributed by atoms with Crippen molar-refractivity contribution in [2.24, 2.45) is 0 Å². The van der Waals surface area contributed by atoms with Gasteiger partial charge in [-0.3, -0.25) is 0 Å². The summed E-state index contributed by atoms with van der Waals surface area (Å²) in [5.74, 6) is 4.73. The SMILES string of the molecule is C[Si](C)(C)C#Cc1cc2c(cc1CCO)OCO2. The molecule has 0 fully saturated rings. The average Bonchev–Trinajstić information content (AvgIpc) is 2.72. The van der Waals surface area contributed by atoms with Gasteiger partial charge in [0.25, 0.3) is 0 Å². The van der Waals surface area contributed by atoms with Gasteiger partial charge in [0.05, 0.1) is 0 Å². The first-order chi connectivity index (χ1) is 8.49. The standard InChI is InChI=1S/C14H18O3Si/c1-18(2,3)7-5-12-9-14-13(16-10-17-14)8-11(12)4-6-15/h8-9,15H,4,6,10H2,1-3H3. The molecule has 1 N–H and O–H groups in total. The van der Waals surface area contributed by atoms with E-state index < -0.39 is 8.07 Å². The molecule has 0 spiro atoms. The van der Waals surface area contributed by atoms with Crippen LogP contribution in [0.2, 0.25) is 19.6 Å². The summed E-state index contributed by atoms with van der Waals surface area (Å²) in [4.78, 5) is 0. The number of rotatable bonds is 2. The smallest absolute Gasteiger partial charge is 0.231 e. The van der Waals surface area contributed by atoms with Crippen LogP contribution in [0.25, 0.3) is 0 Å². The molecule has 0 bridgehead atoms. The lowest BCUT2D eigenvalue weighted by atomic mass is 10.0. The molecule has 0 aliphatic carbocycles. The highest BCUT2D eigenvalue weighted by molar-refractivity contribution is 6.83. The first-order valence-corrected chi connectivity index (χ1v) is 9.56. The quantitative estimate of drug-likeness (QED) is 0.656. The minimum Gasteiger partial charge on any atom is -0.454 e. The zero-order chi connectivity index (χ0) is 13.2. The van der Waals surface area contributed by atoms with Gasteiger partial charge in [0.15, 0.2) is 11.5 Å². The van der Waals surface area contributed by atoms with Crippen LogP contribution in [0.5, 0.6) is 11.5 Å². The summed E-state index contributed by atoms with van der Waals surface area (Å²) in [6, 6.07) is 3.84. The van der Waals surface area contributed by atoms with Crippen molar-refractivity contribution in [1.82, 2.24) is 0 Å². The molecule has 1 heterocycles. The molecule has 3 nitrogen and oxygen atoms in total. The van der Waals surface area contributed by atoms with E-state index in [-0.39, 0.29) is 13.4 Å². The van der Waals surface area contributed by atoms with E-state index in [2.05, 4.69) is 31.1 Å². The van der Waals surface area contributed by atoms with E-state index in [1.165, 1.54) is 0 Å². The number of fused-ring (bicyclic) bond motifs is 1. The maximum atomic E-state index is 9.11. The number of hydrogen-bond donors (Lipinski definition) is 1. The van der Waals surface area contributed by atoms with E-state index in [4.69, 9.17) is 14.6 Å². The Balaban J connectivity index is 2.40. The molecule has 0 radical (unpaired) electrons. The fourth-order valence-electron chi connectivity index (χ4n) is 1.68. The monoisotopic (exact) mass is 262 g/mol. The van der Waals surface area contributed by atoms with Crippen molar-refractivity contribution in [2.75, 3.05) is 13.4 Å². The highest BCUT2D eigenvalue weighted by Gasteiger charge is 2.16. The molecule has 0 amide bonds. The minimum absolute atomic E-state index is 0.112. The Morgan fingerprint density at radius 2 is 1.89 bits per heavy atom. The van der Waals surface area contributed by atoms with E-state index in [1.807, 2.05) is 12.1 Å². The van der Waals surface area contributed by atoms with Gasteiger partial charge in [-0.25, -0.2) is 0 Å². The van der Waals surface area contributed by atoms with Crippen molar-refractivity contribution in [1.29, 1.82) is 0 Å². The van der Waals surface area contributed by atoms with E-state index in [9.17, 15) is 0 Å². The molecule has 1 aliphatic rings. The van der Waals surface area contributed by atoms with E-state index in [0.717, 1.165) is 22.6 Å². The number of hydrogen-bond acceptors (Lipinski definition) is 3. The molecule has 0 saturated carbocycles. The molecule has 0 atom stereocenters. The van der Waals surface area contributed by atoms with Crippen LogP contribution in [0, 0.1) is 11.5 Å². The van der Waals surface area contributed by atoms with Crippen molar-refractivity contribution in [3.8, 4) is 23.0 Å². The van der Waals surface area contributed by atoms with Gasteiger partial charge in [-0.15, -0.1) is 5.54 Å². The van der Waals surface area contributed by atoms with E-state index in [1.54, 1.807) is 0 Å². The molecule has 1 aromatic carbocycles. The maximum Gasteiger partial charge on any atom is 0.231 e. The van der Waals surface area contributed by atoms with Crippen LogP contribution >= 0.6 is 0 Å². The van der Waals surface area contributed by atoms with Crippen LogP contribution in [0.3, 0.4) is 0 Å². The molecule has 0 aromatic heterocycles. The van der Waals surface area contributed by atoms with Crippen molar-refractivity contribution < 1.29 is 14.6 Å². The Morgan fingerprint density at radius 3 is 2.50 bits per heavy atom. The summed E-state index contributed by atoms with van der Waals surface area (Å²) in [5, 5.41) is 9.11. The second-order valence-corrected chi connectivity index (χ2v) is 10.1. The topological polar surface area (TPSA) is 38.7 Å². The molecular formula is C14H18O3Si. The van der Waals surface area contributed by atoms with Gasteiger partial charge >= 0.3 is 0 Å². The molecule has 4 heteroatoms. The molecule has 1 aliphatic heterocycles. The van der Waals surface area contributed by atoms with Crippen LogP contribution in [-0.4, -0.2) is 26.6 Å². The van der Waals surface area contributed by atoms with Gasteiger partial charge in [0.2, 0.25) is 6.79 Å². The lowest BCUT2D eigenvalue weighted by Gasteiger charge is -2.07. The van der Waals surface area contributed by atoms with E-state index in [0.29, 0.717) is 6.42 Å². The fourth-order valence-corrected chi connectivity index (χ4v) is 2.19. The first kappa shape index (κ1) is 13.0. The predicted molar refractivity (Wildman–Crippen MR) is 73.6 cm³/mol.